The predicted molar refractivity (Wildman–Crippen MR) is 121 cm³/mol. The SMILES string of the molecule is CCCCCNC(=O)N(S)c1ccc2ncc(-c3ccc(COCOCC)o3)nc2n1. The lowest BCUT2D eigenvalue weighted by Gasteiger charge is -2.15. The molecular weight excluding hydrogens is 418 g/mol. The average Bonchev–Trinajstić information content (AvgIpc) is 3.27. The third-order valence-corrected chi connectivity index (χ3v) is 4.77. The quantitative estimate of drug-likeness (QED) is 0.257. The molecule has 1 N–H and O–H groups in total. The van der Waals surface area contributed by atoms with Gasteiger partial charge in [0.2, 0.25) is 0 Å². The van der Waals surface area contributed by atoms with E-state index in [1.165, 1.54) is 4.31 Å². The van der Waals surface area contributed by atoms with E-state index < -0.39 is 0 Å². The molecule has 0 unspecified atom stereocenters. The summed E-state index contributed by atoms with van der Waals surface area (Å²) in [5.74, 6) is 1.56. The highest BCUT2D eigenvalue weighted by Crippen LogP contribution is 2.23. The van der Waals surface area contributed by atoms with E-state index in [1.807, 2.05) is 13.0 Å². The number of pyridine rings is 1. The van der Waals surface area contributed by atoms with E-state index in [1.54, 1.807) is 24.4 Å². The molecule has 3 aromatic heterocycles. The lowest BCUT2D eigenvalue weighted by atomic mass is 10.2. The van der Waals surface area contributed by atoms with E-state index in [0.717, 1.165) is 19.3 Å². The minimum Gasteiger partial charge on any atom is -0.457 e. The first-order chi connectivity index (χ1) is 15.1. The number of thiol groups is 1. The van der Waals surface area contributed by atoms with Crippen LogP contribution in [0.2, 0.25) is 0 Å². The van der Waals surface area contributed by atoms with E-state index >= 15 is 0 Å². The van der Waals surface area contributed by atoms with Crippen LogP contribution in [0.1, 0.15) is 38.9 Å². The van der Waals surface area contributed by atoms with Crippen LogP contribution in [-0.2, 0) is 16.1 Å². The van der Waals surface area contributed by atoms with Gasteiger partial charge in [-0.1, -0.05) is 32.6 Å². The van der Waals surface area contributed by atoms with Crippen LogP contribution in [0.25, 0.3) is 22.6 Å². The van der Waals surface area contributed by atoms with Gasteiger partial charge in [0.25, 0.3) is 0 Å². The highest BCUT2D eigenvalue weighted by atomic mass is 32.1. The molecule has 10 heteroatoms. The molecule has 0 bridgehead atoms. The molecule has 3 rings (SSSR count). The third kappa shape index (κ3) is 6.39. The number of amides is 2. The van der Waals surface area contributed by atoms with E-state index in [0.29, 0.717) is 54.0 Å². The molecule has 0 aliphatic carbocycles. The maximum atomic E-state index is 12.3. The molecule has 0 fully saturated rings. The Bertz CT molecular complexity index is 997. The van der Waals surface area contributed by atoms with Crippen LogP contribution in [0.4, 0.5) is 10.6 Å². The average molecular weight is 446 g/mol. The van der Waals surface area contributed by atoms with Crippen molar-refractivity contribution in [3.63, 3.8) is 0 Å². The van der Waals surface area contributed by atoms with Gasteiger partial charge in [-0.25, -0.2) is 19.1 Å². The van der Waals surface area contributed by atoms with Crippen LogP contribution in [0.3, 0.4) is 0 Å². The van der Waals surface area contributed by atoms with Gasteiger partial charge in [-0.2, -0.15) is 0 Å². The normalized spacial score (nSPS) is 11.1. The number of carbonyl (C=O) groups excluding carboxylic acids is 1. The number of carbonyl (C=O) groups is 1. The van der Waals surface area contributed by atoms with Gasteiger partial charge in [0, 0.05) is 13.2 Å². The number of nitrogens with one attached hydrogen (secondary N) is 1. The smallest absolute Gasteiger partial charge is 0.333 e. The van der Waals surface area contributed by atoms with Crippen molar-refractivity contribution in [2.75, 3.05) is 24.2 Å². The number of ether oxygens (including phenoxy) is 2. The molecule has 9 nitrogen and oxygen atoms in total. The fourth-order valence-corrected chi connectivity index (χ4v) is 2.93. The molecule has 0 saturated carbocycles. The number of anilines is 1. The fraction of sp³-hybridized carbons (Fsp3) is 0.429. The highest BCUT2D eigenvalue weighted by molar-refractivity contribution is 7.82. The zero-order valence-electron chi connectivity index (χ0n) is 17.7. The molecular formula is C21H27N5O4S. The van der Waals surface area contributed by atoms with Gasteiger partial charge in [-0.15, -0.1) is 0 Å². The molecule has 3 aromatic rings. The molecule has 31 heavy (non-hydrogen) atoms. The number of urea groups is 1. The fourth-order valence-electron chi connectivity index (χ4n) is 2.75. The highest BCUT2D eigenvalue weighted by Gasteiger charge is 2.15. The molecule has 0 atom stereocenters. The topological polar surface area (TPSA) is 103 Å². The number of nitrogens with zero attached hydrogens (tertiary/aromatic N) is 4. The van der Waals surface area contributed by atoms with Crippen LogP contribution in [-0.4, -0.2) is 40.9 Å². The maximum absolute atomic E-state index is 12.3. The molecule has 0 saturated heterocycles. The third-order valence-electron chi connectivity index (χ3n) is 4.39. The van der Waals surface area contributed by atoms with E-state index in [-0.39, 0.29) is 12.8 Å². The summed E-state index contributed by atoms with van der Waals surface area (Å²) in [6, 6.07) is 6.70. The minimum absolute atomic E-state index is 0.210. The Morgan fingerprint density at radius 2 is 2.03 bits per heavy atom. The Labute approximate surface area is 186 Å². The molecule has 0 aliphatic rings. The van der Waals surface area contributed by atoms with Crippen molar-refractivity contribution in [1.82, 2.24) is 20.3 Å². The van der Waals surface area contributed by atoms with Crippen LogP contribution >= 0.6 is 12.8 Å². The second kappa shape index (κ2) is 11.6. The van der Waals surface area contributed by atoms with Crippen LogP contribution in [0.15, 0.2) is 34.9 Å². The molecule has 0 radical (unpaired) electrons. The van der Waals surface area contributed by atoms with Crippen molar-refractivity contribution >= 4 is 35.8 Å². The monoisotopic (exact) mass is 445 g/mol. The Morgan fingerprint density at radius 3 is 2.84 bits per heavy atom. The first-order valence-corrected chi connectivity index (χ1v) is 10.7. The second-order valence-electron chi connectivity index (χ2n) is 6.74. The van der Waals surface area contributed by atoms with Crippen molar-refractivity contribution in [2.24, 2.45) is 0 Å². The van der Waals surface area contributed by atoms with E-state index in [2.05, 4.69) is 40.0 Å². The predicted octanol–water partition coefficient (Wildman–Crippen LogP) is 4.35. The number of unbranched alkanes of at least 4 members (excludes halogenated alkanes) is 2. The molecule has 0 spiro atoms. The second-order valence-corrected chi connectivity index (χ2v) is 7.14. The zero-order valence-corrected chi connectivity index (χ0v) is 18.6. The Kier molecular flexibility index (Phi) is 8.63. The Morgan fingerprint density at radius 1 is 1.16 bits per heavy atom. The van der Waals surface area contributed by atoms with Gasteiger partial charge < -0.3 is 19.2 Å². The van der Waals surface area contributed by atoms with Crippen molar-refractivity contribution in [1.29, 1.82) is 0 Å². The summed E-state index contributed by atoms with van der Waals surface area (Å²) >= 11 is 4.28. The molecule has 0 aliphatic heterocycles. The first-order valence-electron chi connectivity index (χ1n) is 10.3. The molecule has 3 heterocycles. The summed E-state index contributed by atoms with van der Waals surface area (Å²) in [6.07, 6.45) is 4.69. The number of hydrogen-bond acceptors (Lipinski definition) is 8. The minimum atomic E-state index is -0.335. The van der Waals surface area contributed by atoms with Gasteiger partial charge in [0.05, 0.1) is 6.20 Å². The number of rotatable bonds is 11. The van der Waals surface area contributed by atoms with Crippen molar-refractivity contribution < 1.29 is 18.7 Å². The number of fused-ring (bicyclic) bond motifs is 1. The summed E-state index contributed by atoms with van der Waals surface area (Å²) in [7, 11) is 0. The standard InChI is InChI=1S/C21H27N5O4S/c1-3-5-6-11-22-21(27)26(31)19-10-8-16-20(25-19)24-17(12-23-16)18-9-7-15(30-18)13-29-14-28-4-2/h7-10,12,31H,3-6,11,13-14H2,1-2H3,(H,22,27). The summed E-state index contributed by atoms with van der Waals surface area (Å²) in [5, 5.41) is 2.83. The number of furan rings is 1. The summed E-state index contributed by atoms with van der Waals surface area (Å²) < 4.78 is 17.5. The van der Waals surface area contributed by atoms with Crippen LogP contribution < -0.4 is 9.62 Å². The van der Waals surface area contributed by atoms with Gasteiger partial charge in [0.15, 0.2) is 11.4 Å². The van der Waals surface area contributed by atoms with Crippen molar-refractivity contribution in [3.05, 3.63) is 36.2 Å². The summed E-state index contributed by atoms with van der Waals surface area (Å²) in [4.78, 5) is 25.6. The molecule has 166 valence electrons. The molecule has 0 aromatic carbocycles. The Balaban J connectivity index is 1.70. The zero-order chi connectivity index (χ0) is 22.1. The van der Waals surface area contributed by atoms with E-state index in [9.17, 15) is 4.79 Å². The lowest BCUT2D eigenvalue weighted by molar-refractivity contribution is -0.0613. The largest absolute Gasteiger partial charge is 0.457 e. The van der Waals surface area contributed by atoms with Gasteiger partial charge >= 0.3 is 6.03 Å². The molecule has 2 amide bonds. The number of hydrogen-bond donors (Lipinski definition) is 2. The lowest BCUT2D eigenvalue weighted by Crippen LogP contribution is -2.35. The van der Waals surface area contributed by atoms with Crippen LogP contribution in [0, 0.1) is 0 Å². The van der Waals surface area contributed by atoms with Crippen molar-refractivity contribution in [2.45, 2.75) is 39.7 Å². The van der Waals surface area contributed by atoms with Crippen molar-refractivity contribution in [3.8, 4) is 11.5 Å². The first kappa shape index (κ1) is 23.0. The van der Waals surface area contributed by atoms with E-state index in [4.69, 9.17) is 13.9 Å². The van der Waals surface area contributed by atoms with Gasteiger partial charge in [0.1, 0.15) is 36.2 Å². The van der Waals surface area contributed by atoms with Gasteiger partial charge in [-0.05, 0) is 37.6 Å². The van der Waals surface area contributed by atoms with Gasteiger partial charge in [-0.3, -0.25) is 4.98 Å². The van der Waals surface area contributed by atoms with Crippen LogP contribution in [0.5, 0.6) is 0 Å². The Hall–Kier alpha value is -2.69. The number of aromatic nitrogens is 3. The summed E-state index contributed by atoms with van der Waals surface area (Å²) in [6.45, 7) is 5.71. The maximum Gasteiger partial charge on any atom is 0.333 e. The summed E-state index contributed by atoms with van der Waals surface area (Å²) in [5.41, 5.74) is 1.52.